The van der Waals surface area contributed by atoms with Gasteiger partial charge in [-0.1, -0.05) is 18.2 Å². The average Bonchev–Trinajstić information content (AvgIpc) is 3.19. The maximum absolute atomic E-state index is 12.8. The zero-order valence-corrected chi connectivity index (χ0v) is 13.2. The third-order valence-corrected chi connectivity index (χ3v) is 4.44. The average molecular weight is 327 g/mol. The Hall–Kier alpha value is -2.83. The Morgan fingerprint density at radius 2 is 2.12 bits per heavy atom. The molecule has 1 aliphatic carbocycles. The minimum absolute atomic E-state index is 0.181. The predicted octanol–water partition coefficient (Wildman–Crippen LogP) is 1.48. The fraction of sp³-hybridized carbons (Fsp3) is 0.353. The zero-order valence-electron chi connectivity index (χ0n) is 13.2. The number of furan rings is 1. The minimum Gasteiger partial charge on any atom is -0.458 e. The van der Waals surface area contributed by atoms with Crippen LogP contribution in [-0.4, -0.2) is 35.3 Å². The highest BCUT2D eigenvalue weighted by molar-refractivity contribution is 6.09. The van der Waals surface area contributed by atoms with Crippen LogP contribution in [0.15, 0.2) is 34.7 Å². The minimum atomic E-state index is -1.31. The highest BCUT2D eigenvalue weighted by Gasteiger charge is 2.51. The van der Waals surface area contributed by atoms with Crippen molar-refractivity contribution in [2.75, 3.05) is 6.54 Å². The predicted molar refractivity (Wildman–Crippen MR) is 85.0 cm³/mol. The van der Waals surface area contributed by atoms with E-state index in [0.29, 0.717) is 11.3 Å². The number of imide groups is 1. The van der Waals surface area contributed by atoms with Crippen LogP contribution in [0.4, 0.5) is 4.79 Å². The van der Waals surface area contributed by atoms with E-state index in [0.717, 1.165) is 23.1 Å². The van der Waals surface area contributed by atoms with Crippen LogP contribution in [0.1, 0.15) is 25.5 Å². The molecule has 1 aliphatic heterocycles. The van der Waals surface area contributed by atoms with Crippen LogP contribution in [0.5, 0.6) is 0 Å². The van der Waals surface area contributed by atoms with Gasteiger partial charge in [0.1, 0.15) is 17.9 Å². The van der Waals surface area contributed by atoms with Gasteiger partial charge in [0.2, 0.25) is 5.91 Å². The van der Waals surface area contributed by atoms with Gasteiger partial charge in [-0.15, -0.1) is 0 Å². The maximum atomic E-state index is 12.8. The van der Waals surface area contributed by atoms with E-state index >= 15 is 0 Å². The summed E-state index contributed by atoms with van der Waals surface area (Å²) in [5, 5.41) is 6.27. The maximum Gasteiger partial charge on any atom is 0.325 e. The Morgan fingerprint density at radius 1 is 1.38 bits per heavy atom. The number of carbonyl (C=O) groups is 3. The molecule has 1 saturated heterocycles. The molecule has 2 N–H and O–H groups in total. The third-order valence-electron chi connectivity index (χ3n) is 4.44. The van der Waals surface area contributed by atoms with Crippen molar-refractivity contribution in [3.63, 3.8) is 0 Å². The first-order valence-electron chi connectivity index (χ1n) is 7.90. The largest absolute Gasteiger partial charge is 0.458 e. The molecule has 1 saturated carbocycles. The Morgan fingerprint density at radius 3 is 2.83 bits per heavy atom. The third kappa shape index (κ3) is 2.33. The molecule has 2 fully saturated rings. The number of urea groups is 1. The van der Waals surface area contributed by atoms with Crippen molar-refractivity contribution in [2.24, 2.45) is 0 Å². The van der Waals surface area contributed by atoms with Gasteiger partial charge in [-0.2, -0.15) is 0 Å². The van der Waals surface area contributed by atoms with E-state index in [4.69, 9.17) is 4.42 Å². The first kappa shape index (κ1) is 14.7. The molecule has 4 amide bonds. The molecule has 124 valence electrons. The highest BCUT2D eigenvalue weighted by atomic mass is 16.3. The summed E-state index contributed by atoms with van der Waals surface area (Å²) >= 11 is 0. The number of hydrogen-bond donors (Lipinski definition) is 2. The van der Waals surface area contributed by atoms with Gasteiger partial charge in [-0.05, 0) is 31.9 Å². The first-order chi connectivity index (χ1) is 11.5. The van der Waals surface area contributed by atoms with Crippen LogP contribution in [0, 0.1) is 0 Å². The number of nitrogens with one attached hydrogen (secondary N) is 2. The van der Waals surface area contributed by atoms with Gasteiger partial charge in [0.25, 0.3) is 5.91 Å². The number of fused-ring (bicyclic) bond motifs is 1. The van der Waals surface area contributed by atoms with E-state index in [1.54, 1.807) is 19.1 Å². The van der Waals surface area contributed by atoms with Crippen LogP contribution >= 0.6 is 0 Å². The van der Waals surface area contributed by atoms with Gasteiger partial charge in [0.05, 0.1) is 0 Å². The number of benzene rings is 1. The lowest BCUT2D eigenvalue weighted by molar-refractivity contribution is -0.135. The molecule has 7 heteroatoms. The van der Waals surface area contributed by atoms with Crippen molar-refractivity contribution in [2.45, 2.75) is 31.3 Å². The van der Waals surface area contributed by atoms with E-state index in [2.05, 4.69) is 10.6 Å². The normalized spacial score (nSPS) is 23.6. The quantitative estimate of drug-likeness (QED) is 0.832. The number of amides is 4. The van der Waals surface area contributed by atoms with Crippen LogP contribution in [0.25, 0.3) is 11.0 Å². The van der Waals surface area contributed by atoms with Gasteiger partial charge >= 0.3 is 6.03 Å². The van der Waals surface area contributed by atoms with Gasteiger partial charge in [0, 0.05) is 11.4 Å². The Bertz CT molecular complexity index is 821. The second-order valence-corrected chi connectivity index (χ2v) is 6.44. The lowest BCUT2D eigenvalue weighted by atomic mass is 9.99. The second kappa shape index (κ2) is 5.09. The molecular formula is C17H17N3O4. The molecule has 2 aliphatic rings. The summed E-state index contributed by atoms with van der Waals surface area (Å²) in [6.45, 7) is 1.31. The molecule has 2 heterocycles. The van der Waals surface area contributed by atoms with Crippen molar-refractivity contribution in [1.29, 1.82) is 0 Å². The lowest BCUT2D eigenvalue weighted by Gasteiger charge is -2.18. The Labute approximate surface area is 138 Å². The number of para-hydroxylation sites is 1. The molecule has 0 spiro atoms. The van der Waals surface area contributed by atoms with Crippen LogP contribution in [-0.2, 0) is 15.1 Å². The summed E-state index contributed by atoms with van der Waals surface area (Å²) in [5.41, 5.74) is -0.670. The zero-order chi connectivity index (χ0) is 16.9. The summed E-state index contributed by atoms with van der Waals surface area (Å²) in [6.07, 6.45) is 1.89. The molecule has 1 aromatic heterocycles. The van der Waals surface area contributed by atoms with Crippen molar-refractivity contribution in [1.82, 2.24) is 15.5 Å². The lowest BCUT2D eigenvalue weighted by Crippen LogP contribution is -2.43. The van der Waals surface area contributed by atoms with Crippen molar-refractivity contribution < 1.29 is 18.8 Å². The van der Waals surface area contributed by atoms with Crippen molar-refractivity contribution >= 4 is 28.8 Å². The van der Waals surface area contributed by atoms with E-state index < -0.39 is 17.5 Å². The summed E-state index contributed by atoms with van der Waals surface area (Å²) in [5.74, 6) is -0.459. The molecule has 1 aromatic carbocycles. The van der Waals surface area contributed by atoms with Crippen LogP contribution in [0.2, 0.25) is 0 Å². The van der Waals surface area contributed by atoms with Crippen LogP contribution in [0.3, 0.4) is 0 Å². The van der Waals surface area contributed by atoms with E-state index in [9.17, 15) is 14.4 Å². The molecule has 0 bridgehead atoms. The molecular weight excluding hydrogens is 310 g/mol. The monoisotopic (exact) mass is 327 g/mol. The van der Waals surface area contributed by atoms with Gasteiger partial charge in [-0.3, -0.25) is 14.5 Å². The standard InChI is InChI=1S/C17H17N3O4/c1-17(13-8-10-4-2-3-5-12(10)24-13)15(22)20(16(23)19-17)9-14(21)18-11-6-7-11/h2-5,8,11H,6-7,9H2,1H3,(H,18,21)(H,19,23)/t17-/m0/s1. The topological polar surface area (TPSA) is 91.7 Å². The summed E-state index contributed by atoms with van der Waals surface area (Å²) in [4.78, 5) is 37.8. The van der Waals surface area contributed by atoms with Gasteiger partial charge < -0.3 is 15.1 Å². The smallest absolute Gasteiger partial charge is 0.325 e. The van der Waals surface area contributed by atoms with E-state index in [-0.39, 0.29) is 18.5 Å². The molecule has 1 atom stereocenters. The number of hydrogen-bond acceptors (Lipinski definition) is 4. The highest BCUT2D eigenvalue weighted by Crippen LogP contribution is 2.32. The van der Waals surface area contributed by atoms with E-state index in [1.807, 2.05) is 18.2 Å². The molecule has 2 aromatic rings. The van der Waals surface area contributed by atoms with Gasteiger partial charge in [-0.25, -0.2) is 4.79 Å². The molecule has 0 radical (unpaired) electrons. The Balaban J connectivity index is 1.59. The number of rotatable bonds is 4. The summed E-state index contributed by atoms with van der Waals surface area (Å²) < 4.78 is 5.74. The van der Waals surface area contributed by atoms with E-state index in [1.165, 1.54) is 0 Å². The second-order valence-electron chi connectivity index (χ2n) is 6.44. The Kier molecular flexibility index (Phi) is 3.13. The van der Waals surface area contributed by atoms with Crippen LogP contribution < -0.4 is 10.6 Å². The fourth-order valence-electron chi connectivity index (χ4n) is 2.88. The summed E-state index contributed by atoms with van der Waals surface area (Å²) in [7, 11) is 0. The molecule has 7 nitrogen and oxygen atoms in total. The number of nitrogens with zero attached hydrogens (tertiary/aromatic N) is 1. The molecule has 24 heavy (non-hydrogen) atoms. The molecule has 4 rings (SSSR count). The number of carbonyl (C=O) groups excluding carboxylic acids is 3. The van der Waals surface area contributed by atoms with Gasteiger partial charge in [0.15, 0.2) is 5.54 Å². The SMILES string of the molecule is C[C@@]1(c2cc3ccccc3o2)NC(=O)N(CC(=O)NC2CC2)C1=O. The fourth-order valence-corrected chi connectivity index (χ4v) is 2.88. The summed E-state index contributed by atoms with van der Waals surface area (Å²) in [6, 6.07) is 8.70. The van der Waals surface area contributed by atoms with Crippen molar-refractivity contribution in [3.8, 4) is 0 Å². The molecule has 0 unspecified atom stereocenters. The van der Waals surface area contributed by atoms with Crippen molar-refractivity contribution in [3.05, 3.63) is 36.1 Å². The first-order valence-corrected chi connectivity index (χ1v) is 7.90.